The molecule has 0 saturated heterocycles. The molecule has 0 fully saturated rings. The number of carbonyl (C=O) groups excluding carboxylic acids is 1. The van der Waals surface area contributed by atoms with Crippen molar-refractivity contribution in [1.29, 1.82) is 0 Å². The van der Waals surface area contributed by atoms with Crippen LogP contribution in [-0.2, 0) is 4.79 Å². The van der Waals surface area contributed by atoms with Crippen LogP contribution in [-0.4, -0.2) is 38.4 Å². The molecule has 0 saturated carbocycles. The average molecular weight is 476 g/mol. The summed E-state index contributed by atoms with van der Waals surface area (Å²) in [4.78, 5) is 29.9. The molecule has 3 N–H and O–H groups in total. The van der Waals surface area contributed by atoms with Crippen LogP contribution >= 0.6 is 0 Å². The molecule has 0 amide bonds. The fourth-order valence-corrected chi connectivity index (χ4v) is 3.71. The van der Waals surface area contributed by atoms with Crippen LogP contribution in [0.25, 0.3) is 28.2 Å². The summed E-state index contributed by atoms with van der Waals surface area (Å²) in [5, 5.41) is 31.6. The van der Waals surface area contributed by atoms with E-state index < -0.39 is 18.2 Å². The van der Waals surface area contributed by atoms with Crippen LogP contribution in [0.1, 0.15) is 50.3 Å². The van der Waals surface area contributed by atoms with E-state index >= 15 is 0 Å². The van der Waals surface area contributed by atoms with E-state index in [1.54, 1.807) is 24.3 Å². The van der Waals surface area contributed by atoms with Crippen LogP contribution in [0.5, 0.6) is 0 Å². The summed E-state index contributed by atoms with van der Waals surface area (Å²) in [7, 11) is 0. The number of fused-ring (bicyclic) bond motifs is 1. The molecule has 7 nitrogen and oxygen atoms in total. The maximum atomic E-state index is 13.6. The van der Waals surface area contributed by atoms with Crippen LogP contribution in [0.15, 0.2) is 47.3 Å². The van der Waals surface area contributed by atoms with Crippen molar-refractivity contribution in [2.45, 2.75) is 51.2 Å². The number of hydrogen-bond acceptors (Lipinski definition) is 6. The van der Waals surface area contributed by atoms with Crippen LogP contribution in [0, 0.1) is 5.82 Å². The predicted octanol–water partition coefficient (Wildman–Crippen LogP) is -0.488. The van der Waals surface area contributed by atoms with Crippen LogP contribution in [0.2, 0.25) is 0 Å². The Balaban J connectivity index is 0.00000408. The van der Waals surface area contributed by atoms with E-state index in [9.17, 15) is 29.3 Å². The Morgan fingerprint density at radius 3 is 2.47 bits per heavy atom. The summed E-state index contributed by atoms with van der Waals surface area (Å²) < 4.78 is 13.6. The van der Waals surface area contributed by atoms with E-state index in [0.29, 0.717) is 27.9 Å². The monoisotopic (exact) mass is 476 g/mol. The minimum Gasteiger partial charge on any atom is -0.550 e. The Bertz CT molecular complexity index is 1220. The molecule has 3 rings (SSSR count). The van der Waals surface area contributed by atoms with E-state index in [4.69, 9.17) is 0 Å². The molecule has 2 heterocycles. The maximum absolute atomic E-state index is 13.6. The van der Waals surface area contributed by atoms with Crippen LogP contribution in [0.4, 0.5) is 4.39 Å². The SMILES string of the molecule is CC(C)c1nc2[nH]c(=O)ccc2c(-c2ccc(F)cc2)c1/C=C/C(O)CC(O)CCC(=O)[O-].[Na+]. The number of halogens is 1. The van der Waals surface area contributed by atoms with E-state index in [-0.39, 0.29) is 66.1 Å². The van der Waals surface area contributed by atoms with Crippen molar-refractivity contribution in [1.82, 2.24) is 9.97 Å². The zero-order valence-electron chi connectivity index (χ0n) is 19.4. The first-order valence-electron chi connectivity index (χ1n) is 10.7. The molecule has 0 aliphatic rings. The van der Waals surface area contributed by atoms with Gasteiger partial charge in [-0.3, -0.25) is 4.79 Å². The maximum Gasteiger partial charge on any atom is 1.00 e. The second-order valence-corrected chi connectivity index (χ2v) is 8.26. The second kappa shape index (κ2) is 12.4. The van der Waals surface area contributed by atoms with Gasteiger partial charge in [0.15, 0.2) is 0 Å². The number of H-pyrrole nitrogens is 1. The van der Waals surface area contributed by atoms with Crippen LogP contribution < -0.4 is 40.2 Å². The van der Waals surface area contributed by atoms with Crippen molar-refractivity contribution < 1.29 is 54.1 Å². The van der Waals surface area contributed by atoms with Gasteiger partial charge in [0.1, 0.15) is 11.5 Å². The van der Waals surface area contributed by atoms with Gasteiger partial charge in [0.05, 0.1) is 17.9 Å². The summed E-state index contributed by atoms with van der Waals surface area (Å²) in [6.07, 6.45) is 0.822. The molecule has 0 aliphatic heterocycles. The third kappa shape index (κ3) is 7.07. The number of aliphatic hydroxyl groups excluding tert-OH is 2. The van der Waals surface area contributed by atoms with Gasteiger partial charge in [0.2, 0.25) is 5.56 Å². The van der Waals surface area contributed by atoms with Crippen molar-refractivity contribution in [2.75, 3.05) is 0 Å². The first-order chi connectivity index (χ1) is 15.7. The third-order valence-corrected chi connectivity index (χ3v) is 5.31. The fraction of sp³-hybridized carbons (Fsp3) is 0.320. The molecule has 2 aromatic heterocycles. The molecular weight excluding hydrogens is 450 g/mol. The molecule has 174 valence electrons. The molecule has 3 aromatic rings. The number of aliphatic hydroxyl groups is 2. The van der Waals surface area contributed by atoms with Gasteiger partial charge in [-0.25, -0.2) is 9.37 Å². The van der Waals surface area contributed by atoms with Crippen molar-refractivity contribution in [3.63, 3.8) is 0 Å². The largest absolute Gasteiger partial charge is 1.00 e. The number of carboxylic acid groups (broad SMARTS) is 1. The summed E-state index contributed by atoms with van der Waals surface area (Å²) in [6.45, 7) is 3.89. The van der Waals surface area contributed by atoms with Gasteiger partial charge in [-0.05, 0) is 42.5 Å². The standard InChI is InChI=1S/C25H27FN2O5.Na/c1-14(2)24-19(9-7-17(29)13-18(30)8-12-22(32)33)23(15-3-5-16(26)6-4-15)20-10-11-21(31)27-25(20)28-24;/h3-7,9-11,14,17-18,29-30H,8,12-13H2,1-2H3,(H,32,33)(H,27,28,31);/q;+1/p-1/b9-7+;. The fourth-order valence-electron chi connectivity index (χ4n) is 3.71. The van der Waals surface area contributed by atoms with Gasteiger partial charge in [-0.2, -0.15) is 0 Å². The third-order valence-electron chi connectivity index (χ3n) is 5.31. The Hall–Kier alpha value is -2.36. The van der Waals surface area contributed by atoms with E-state index in [1.807, 2.05) is 13.8 Å². The molecule has 0 spiro atoms. The molecular formula is C25H26FN2NaO5. The summed E-state index contributed by atoms with van der Waals surface area (Å²) >= 11 is 0. The van der Waals surface area contributed by atoms with E-state index in [0.717, 1.165) is 5.56 Å². The molecule has 34 heavy (non-hydrogen) atoms. The van der Waals surface area contributed by atoms with Gasteiger partial charge >= 0.3 is 29.6 Å². The smallest absolute Gasteiger partial charge is 0.550 e. The molecule has 1 aromatic carbocycles. The average Bonchev–Trinajstić information content (AvgIpc) is 2.75. The second-order valence-electron chi connectivity index (χ2n) is 8.26. The van der Waals surface area contributed by atoms with Gasteiger partial charge in [-0.15, -0.1) is 0 Å². The number of carboxylic acids is 1. The Labute approximate surface area is 218 Å². The van der Waals surface area contributed by atoms with Gasteiger partial charge < -0.3 is 25.1 Å². The molecule has 0 radical (unpaired) electrons. The zero-order valence-corrected chi connectivity index (χ0v) is 21.4. The van der Waals surface area contributed by atoms with Crippen molar-refractivity contribution in [3.8, 4) is 11.1 Å². The Morgan fingerprint density at radius 1 is 1.18 bits per heavy atom. The molecule has 0 bridgehead atoms. The number of aliphatic carboxylic acids is 1. The van der Waals surface area contributed by atoms with Crippen molar-refractivity contribution >= 4 is 23.1 Å². The molecule has 2 unspecified atom stereocenters. The quantitative estimate of drug-likeness (QED) is 0.358. The number of benzene rings is 1. The van der Waals surface area contributed by atoms with Gasteiger partial charge in [0, 0.05) is 35.0 Å². The number of rotatable bonds is 9. The minimum absolute atomic E-state index is 0. The first-order valence-corrected chi connectivity index (χ1v) is 10.7. The molecule has 2 atom stereocenters. The summed E-state index contributed by atoms with van der Waals surface area (Å²) in [5.41, 5.74) is 2.91. The number of carbonyl (C=O) groups is 1. The zero-order chi connectivity index (χ0) is 24.1. The Kier molecular flexibility index (Phi) is 10.1. The molecule has 9 heteroatoms. The van der Waals surface area contributed by atoms with Crippen LogP contribution in [0.3, 0.4) is 0 Å². The predicted molar refractivity (Wildman–Crippen MR) is 122 cm³/mol. The molecule has 0 aliphatic carbocycles. The topological polar surface area (TPSA) is 126 Å². The van der Waals surface area contributed by atoms with E-state index in [2.05, 4.69) is 9.97 Å². The number of pyridine rings is 2. The first kappa shape index (κ1) is 27.9. The number of nitrogens with one attached hydrogen (secondary N) is 1. The number of hydrogen-bond donors (Lipinski definition) is 3. The van der Waals surface area contributed by atoms with Crippen molar-refractivity contribution in [3.05, 3.63) is 69.9 Å². The number of nitrogens with zero attached hydrogens (tertiary/aromatic N) is 1. The Morgan fingerprint density at radius 2 is 1.85 bits per heavy atom. The normalized spacial score (nSPS) is 13.2. The van der Waals surface area contributed by atoms with Gasteiger partial charge in [-0.1, -0.05) is 38.1 Å². The number of aromatic amines is 1. The summed E-state index contributed by atoms with van der Waals surface area (Å²) in [6, 6.07) is 9.01. The minimum atomic E-state index is -1.26. The van der Waals surface area contributed by atoms with Crippen molar-refractivity contribution in [2.24, 2.45) is 0 Å². The van der Waals surface area contributed by atoms with Gasteiger partial charge in [0.25, 0.3) is 0 Å². The van der Waals surface area contributed by atoms with E-state index in [1.165, 1.54) is 24.3 Å². The number of aromatic nitrogens is 2. The summed E-state index contributed by atoms with van der Waals surface area (Å²) in [5.74, 6) is -1.68.